The summed E-state index contributed by atoms with van der Waals surface area (Å²) in [7, 11) is 1.82. The van der Waals surface area contributed by atoms with Crippen LogP contribution >= 0.6 is 11.8 Å². The minimum atomic E-state index is -0.218. The standard InChI is InChI=1S/C11H17N3O2S/c1-4-8-10(12-3)13-7-14-11(8)17-6-9(15)16-5-2/h7H,4-6H2,1-3H3,(H,12,13,14). The molecular weight excluding hydrogens is 238 g/mol. The third-order valence-electron chi connectivity index (χ3n) is 2.13. The Hall–Kier alpha value is -1.30. The fourth-order valence-corrected chi connectivity index (χ4v) is 2.26. The van der Waals surface area contributed by atoms with Gasteiger partial charge in [-0.2, -0.15) is 0 Å². The molecule has 0 saturated carbocycles. The summed E-state index contributed by atoms with van der Waals surface area (Å²) in [5.41, 5.74) is 1.03. The predicted octanol–water partition coefficient (Wildman–Crippen LogP) is 1.74. The van der Waals surface area contributed by atoms with Crippen LogP contribution in [0.4, 0.5) is 5.82 Å². The lowest BCUT2D eigenvalue weighted by Gasteiger charge is -2.10. The Bertz CT molecular complexity index is 385. The molecule has 0 unspecified atom stereocenters. The summed E-state index contributed by atoms with van der Waals surface area (Å²) >= 11 is 1.38. The van der Waals surface area contributed by atoms with Gasteiger partial charge in [-0.25, -0.2) is 9.97 Å². The highest BCUT2D eigenvalue weighted by Gasteiger charge is 2.11. The molecule has 5 nitrogen and oxygen atoms in total. The number of aromatic nitrogens is 2. The van der Waals surface area contributed by atoms with E-state index in [1.54, 1.807) is 6.92 Å². The van der Waals surface area contributed by atoms with Gasteiger partial charge in [0, 0.05) is 12.6 Å². The van der Waals surface area contributed by atoms with Crippen LogP contribution in [0.5, 0.6) is 0 Å². The summed E-state index contributed by atoms with van der Waals surface area (Å²) in [6.07, 6.45) is 2.32. The molecule has 0 aromatic carbocycles. The molecule has 0 amide bonds. The van der Waals surface area contributed by atoms with Gasteiger partial charge in [0.05, 0.1) is 12.4 Å². The topological polar surface area (TPSA) is 64.1 Å². The zero-order chi connectivity index (χ0) is 12.7. The molecule has 94 valence electrons. The first-order chi connectivity index (χ1) is 8.22. The van der Waals surface area contributed by atoms with Crippen LogP contribution in [0.25, 0.3) is 0 Å². The maximum atomic E-state index is 11.3. The van der Waals surface area contributed by atoms with Crippen molar-refractivity contribution >= 4 is 23.5 Å². The molecule has 1 N–H and O–H groups in total. The number of nitrogens with zero attached hydrogens (tertiary/aromatic N) is 2. The molecule has 0 aliphatic heterocycles. The van der Waals surface area contributed by atoms with Crippen LogP contribution < -0.4 is 5.32 Å². The van der Waals surface area contributed by atoms with E-state index < -0.39 is 0 Å². The van der Waals surface area contributed by atoms with Crippen molar-refractivity contribution in [2.24, 2.45) is 0 Å². The van der Waals surface area contributed by atoms with Crippen LogP contribution in [0.15, 0.2) is 11.4 Å². The van der Waals surface area contributed by atoms with Gasteiger partial charge < -0.3 is 10.1 Å². The van der Waals surface area contributed by atoms with Crippen molar-refractivity contribution in [3.63, 3.8) is 0 Å². The Morgan fingerprint density at radius 2 is 2.24 bits per heavy atom. The lowest BCUT2D eigenvalue weighted by Crippen LogP contribution is -2.08. The molecule has 0 saturated heterocycles. The molecule has 1 aromatic rings. The van der Waals surface area contributed by atoms with E-state index in [4.69, 9.17) is 4.74 Å². The van der Waals surface area contributed by atoms with Gasteiger partial charge in [-0.15, -0.1) is 0 Å². The van der Waals surface area contributed by atoms with Crippen LogP contribution in [0.2, 0.25) is 0 Å². The molecule has 1 heterocycles. The summed E-state index contributed by atoms with van der Waals surface area (Å²) < 4.78 is 4.87. The highest BCUT2D eigenvalue weighted by atomic mass is 32.2. The number of hydrogen-bond donors (Lipinski definition) is 1. The summed E-state index contributed by atoms with van der Waals surface area (Å²) in [4.78, 5) is 19.6. The molecule has 0 aliphatic rings. The molecule has 0 spiro atoms. The minimum absolute atomic E-state index is 0.218. The van der Waals surface area contributed by atoms with Crippen molar-refractivity contribution in [1.29, 1.82) is 0 Å². The maximum absolute atomic E-state index is 11.3. The van der Waals surface area contributed by atoms with Gasteiger partial charge in [0.1, 0.15) is 17.2 Å². The Balaban J connectivity index is 2.73. The van der Waals surface area contributed by atoms with Crippen LogP contribution in [0, 0.1) is 0 Å². The monoisotopic (exact) mass is 255 g/mol. The highest BCUT2D eigenvalue weighted by Crippen LogP contribution is 2.25. The summed E-state index contributed by atoms with van der Waals surface area (Å²) in [6.45, 7) is 4.24. The molecule has 0 radical (unpaired) electrons. The van der Waals surface area contributed by atoms with Gasteiger partial charge in [-0.05, 0) is 13.3 Å². The molecule has 0 fully saturated rings. The van der Waals surface area contributed by atoms with Crippen LogP contribution in [-0.2, 0) is 16.0 Å². The van der Waals surface area contributed by atoms with E-state index in [1.807, 2.05) is 14.0 Å². The predicted molar refractivity (Wildman–Crippen MR) is 68.3 cm³/mol. The van der Waals surface area contributed by atoms with Crippen molar-refractivity contribution in [2.75, 3.05) is 24.7 Å². The number of thioether (sulfide) groups is 1. The number of esters is 1. The average molecular weight is 255 g/mol. The third kappa shape index (κ3) is 3.89. The van der Waals surface area contributed by atoms with Gasteiger partial charge in [0.25, 0.3) is 0 Å². The number of hydrogen-bond acceptors (Lipinski definition) is 6. The SMILES string of the molecule is CCOC(=O)CSc1ncnc(NC)c1CC. The van der Waals surface area contributed by atoms with Crippen LogP contribution in [-0.4, -0.2) is 35.3 Å². The van der Waals surface area contributed by atoms with Crippen molar-refractivity contribution in [1.82, 2.24) is 9.97 Å². The highest BCUT2D eigenvalue weighted by molar-refractivity contribution is 7.99. The normalized spacial score (nSPS) is 10.1. The lowest BCUT2D eigenvalue weighted by molar-refractivity contribution is -0.139. The smallest absolute Gasteiger partial charge is 0.316 e. The lowest BCUT2D eigenvalue weighted by atomic mass is 10.2. The number of carbonyl (C=O) groups excluding carboxylic acids is 1. The summed E-state index contributed by atoms with van der Waals surface area (Å²) in [5, 5.41) is 3.85. The molecule has 17 heavy (non-hydrogen) atoms. The fraction of sp³-hybridized carbons (Fsp3) is 0.545. The minimum Gasteiger partial charge on any atom is -0.465 e. The number of nitrogens with one attached hydrogen (secondary N) is 1. The fourth-order valence-electron chi connectivity index (χ4n) is 1.38. The van der Waals surface area contributed by atoms with Crippen LogP contribution in [0.1, 0.15) is 19.4 Å². The van der Waals surface area contributed by atoms with E-state index >= 15 is 0 Å². The Kier molecular flexibility index (Phi) is 5.76. The number of ether oxygens (including phenoxy) is 1. The summed E-state index contributed by atoms with van der Waals surface area (Å²) in [6, 6.07) is 0. The largest absolute Gasteiger partial charge is 0.465 e. The number of carbonyl (C=O) groups is 1. The van der Waals surface area contributed by atoms with Gasteiger partial charge in [0.15, 0.2) is 0 Å². The first kappa shape index (κ1) is 13.8. The zero-order valence-electron chi connectivity index (χ0n) is 10.3. The van der Waals surface area contributed by atoms with E-state index in [0.717, 1.165) is 22.8 Å². The van der Waals surface area contributed by atoms with E-state index in [1.165, 1.54) is 18.1 Å². The van der Waals surface area contributed by atoms with Crippen LogP contribution in [0.3, 0.4) is 0 Å². The third-order valence-corrected chi connectivity index (χ3v) is 3.13. The van der Waals surface area contributed by atoms with E-state index in [-0.39, 0.29) is 11.7 Å². The van der Waals surface area contributed by atoms with Gasteiger partial charge >= 0.3 is 5.97 Å². The van der Waals surface area contributed by atoms with E-state index in [0.29, 0.717) is 6.61 Å². The van der Waals surface area contributed by atoms with Crippen molar-refractivity contribution in [2.45, 2.75) is 25.3 Å². The Labute approximate surface area is 105 Å². The average Bonchev–Trinajstić information content (AvgIpc) is 2.36. The molecule has 1 rings (SSSR count). The molecule has 6 heteroatoms. The van der Waals surface area contributed by atoms with Gasteiger partial charge in [-0.3, -0.25) is 4.79 Å². The number of rotatable bonds is 6. The van der Waals surface area contributed by atoms with Gasteiger partial charge in [-0.1, -0.05) is 18.7 Å². The van der Waals surface area contributed by atoms with Crippen molar-refractivity contribution < 1.29 is 9.53 Å². The molecule has 1 aromatic heterocycles. The second kappa shape index (κ2) is 7.11. The van der Waals surface area contributed by atoms with Crippen molar-refractivity contribution in [3.8, 4) is 0 Å². The second-order valence-electron chi connectivity index (χ2n) is 3.20. The zero-order valence-corrected chi connectivity index (χ0v) is 11.1. The van der Waals surface area contributed by atoms with E-state index in [9.17, 15) is 4.79 Å². The maximum Gasteiger partial charge on any atom is 0.316 e. The first-order valence-corrected chi connectivity index (χ1v) is 6.51. The molecule has 0 aliphatic carbocycles. The van der Waals surface area contributed by atoms with E-state index in [2.05, 4.69) is 15.3 Å². The first-order valence-electron chi connectivity index (χ1n) is 5.52. The Morgan fingerprint density at radius 3 is 2.82 bits per heavy atom. The summed E-state index contributed by atoms with van der Waals surface area (Å²) in [5.74, 6) is 0.874. The number of anilines is 1. The quantitative estimate of drug-likeness (QED) is 0.474. The second-order valence-corrected chi connectivity index (χ2v) is 4.17. The van der Waals surface area contributed by atoms with Crippen molar-refractivity contribution in [3.05, 3.63) is 11.9 Å². The molecular formula is C11H17N3O2S. The molecule has 0 atom stereocenters. The van der Waals surface area contributed by atoms with Gasteiger partial charge in [0.2, 0.25) is 0 Å². The Morgan fingerprint density at radius 1 is 1.47 bits per heavy atom. The molecule has 0 bridgehead atoms.